The Balaban J connectivity index is 2.37. The normalized spacial score (nSPS) is 10.9. The highest BCUT2D eigenvalue weighted by atomic mass is 19.3. The van der Waals surface area contributed by atoms with Crippen molar-refractivity contribution in [2.24, 2.45) is 0 Å². The summed E-state index contributed by atoms with van der Waals surface area (Å²) in [5, 5.41) is 6.64. The summed E-state index contributed by atoms with van der Waals surface area (Å²) in [7, 11) is 1.60. The van der Waals surface area contributed by atoms with Gasteiger partial charge in [-0.3, -0.25) is 0 Å². The van der Waals surface area contributed by atoms with E-state index in [1.54, 1.807) is 13.2 Å². The van der Waals surface area contributed by atoms with Gasteiger partial charge in [-0.15, -0.1) is 0 Å². The minimum atomic E-state index is -2.58. The highest BCUT2D eigenvalue weighted by Gasteiger charge is 2.17. The molecule has 0 atom stereocenters. The molecule has 96 valence electrons. The minimum absolute atomic E-state index is 0.225. The number of halogens is 2. The van der Waals surface area contributed by atoms with Crippen LogP contribution in [-0.2, 0) is 6.42 Å². The summed E-state index contributed by atoms with van der Waals surface area (Å²) in [5.74, 6) is 0. The highest BCUT2D eigenvalue weighted by Crippen LogP contribution is 2.26. The summed E-state index contributed by atoms with van der Waals surface area (Å²) < 4.78 is 27.0. The fourth-order valence-electron chi connectivity index (χ4n) is 1.76. The van der Waals surface area contributed by atoms with E-state index in [1.807, 2.05) is 24.3 Å². The van der Waals surface area contributed by atoms with Gasteiger partial charge < -0.3 is 5.32 Å². The molecular formula is C13H15F2N3. The van der Waals surface area contributed by atoms with Crippen LogP contribution in [0.2, 0.25) is 0 Å². The zero-order valence-corrected chi connectivity index (χ0v) is 10.3. The molecule has 0 saturated heterocycles. The number of benzene rings is 1. The maximum atomic E-state index is 12.7. The van der Waals surface area contributed by atoms with Crippen LogP contribution in [0, 0.1) is 0 Å². The molecule has 2 rings (SSSR count). The van der Waals surface area contributed by atoms with E-state index >= 15 is 0 Å². The summed E-state index contributed by atoms with van der Waals surface area (Å²) in [5.41, 5.74) is 2.10. The van der Waals surface area contributed by atoms with E-state index in [4.69, 9.17) is 0 Å². The molecule has 1 N–H and O–H groups in total. The lowest BCUT2D eigenvalue weighted by atomic mass is 10.1. The first-order valence-electron chi connectivity index (χ1n) is 5.80. The number of alkyl halides is 2. The van der Waals surface area contributed by atoms with Crippen LogP contribution in [0.15, 0.2) is 30.5 Å². The molecule has 3 nitrogen and oxygen atoms in total. The second-order valence-electron chi connectivity index (χ2n) is 3.94. The van der Waals surface area contributed by atoms with Gasteiger partial charge in [0, 0.05) is 7.05 Å². The number of nitrogens with one attached hydrogen (secondary N) is 1. The predicted molar refractivity (Wildman–Crippen MR) is 67.4 cm³/mol. The van der Waals surface area contributed by atoms with Crippen molar-refractivity contribution >= 4 is 5.69 Å². The molecule has 18 heavy (non-hydrogen) atoms. The Morgan fingerprint density at radius 3 is 2.39 bits per heavy atom. The molecule has 1 heterocycles. The van der Waals surface area contributed by atoms with Crippen LogP contribution in [0.4, 0.5) is 14.5 Å². The van der Waals surface area contributed by atoms with E-state index in [9.17, 15) is 8.78 Å². The number of hydrogen-bond donors (Lipinski definition) is 1. The first-order valence-corrected chi connectivity index (χ1v) is 5.80. The molecule has 0 fully saturated rings. The van der Waals surface area contributed by atoms with E-state index < -0.39 is 6.43 Å². The number of nitrogens with zero attached hydrogens (tertiary/aromatic N) is 2. The second-order valence-corrected chi connectivity index (χ2v) is 3.94. The van der Waals surface area contributed by atoms with Gasteiger partial charge in [0.15, 0.2) is 5.69 Å². The number of hydrogen-bond acceptors (Lipinski definition) is 2. The van der Waals surface area contributed by atoms with Crippen LogP contribution in [0.1, 0.15) is 24.6 Å². The number of aryl methyl sites for hydroxylation is 1. The van der Waals surface area contributed by atoms with E-state index in [0.29, 0.717) is 5.69 Å². The minimum Gasteiger partial charge on any atom is -0.385 e. The van der Waals surface area contributed by atoms with Crippen molar-refractivity contribution < 1.29 is 8.78 Å². The fraction of sp³-hybridized carbons (Fsp3) is 0.308. The molecular weight excluding hydrogens is 236 g/mol. The lowest BCUT2D eigenvalue weighted by Gasteiger charge is -2.02. The van der Waals surface area contributed by atoms with Crippen LogP contribution < -0.4 is 5.32 Å². The van der Waals surface area contributed by atoms with Gasteiger partial charge in [0.05, 0.1) is 17.6 Å². The second kappa shape index (κ2) is 5.16. The molecule has 0 amide bonds. The molecule has 0 aliphatic heterocycles. The van der Waals surface area contributed by atoms with Gasteiger partial charge in [0.1, 0.15) is 0 Å². The highest BCUT2D eigenvalue weighted by molar-refractivity contribution is 5.49. The first-order chi connectivity index (χ1) is 8.65. The SMILES string of the molecule is CCc1ccc(-n2cc(NC)c(C(F)F)n2)cc1. The summed E-state index contributed by atoms with van der Waals surface area (Å²) >= 11 is 0. The van der Waals surface area contributed by atoms with Crippen LogP contribution >= 0.6 is 0 Å². The molecule has 5 heteroatoms. The van der Waals surface area contributed by atoms with Gasteiger partial charge in [0.2, 0.25) is 0 Å². The van der Waals surface area contributed by atoms with E-state index in [0.717, 1.165) is 12.1 Å². The van der Waals surface area contributed by atoms with Crippen molar-refractivity contribution in [1.29, 1.82) is 0 Å². The monoisotopic (exact) mass is 251 g/mol. The van der Waals surface area contributed by atoms with Gasteiger partial charge in [-0.2, -0.15) is 5.10 Å². The van der Waals surface area contributed by atoms with Crippen molar-refractivity contribution in [3.8, 4) is 5.69 Å². The standard InChI is InChI=1S/C13H15F2N3/c1-3-9-4-6-10(7-5-9)18-8-11(16-2)12(17-18)13(14)15/h4-8,13,16H,3H2,1-2H3. The molecule has 0 aliphatic rings. The Bertz CT molecular complexity index is 518. The molecule has 0 saturated carbocycles. The average Bonchev–Trinajstić information content (AvgIpc) is 2.83. The van der Waals surface area contributed by atoms with Gasteiger partial charge in [-0.1, -0.05) is 19.1 Å². The van der Waals surface area contributed by atoms with Gasteiger partial charge in [-0.05, 0) is 24.1 Å². The Labute approximate surface area is 104 Å². The number of aromatic nitrogens is 2. The van der Waals surface area contributed by atoms with Crippen molar-refractivity contribution in [2.45, 2.75) is 19.8 Å². The van der Waals surface area contributed by atoms with Crippen molar-refractivity contribution in [3.05, 3.63) is 41.7 Å². The molecule has 0 spiro atoms. The summed E-state index contributed by atoms with van der Waals surface area (Å²) in [4.78, 5) is 0. The quantitative estimate of drug-likeness (QED) is 0.902. The molecule has 1 aromatic carbocycles. The van der Waals surface area contributed by atoms with Crippen LogP contribution in [0.3, 0.4) is 0 Å². The first kappa shape index (κ1) is 12.5. The third kappa shape index (κ3) is 2.34. The maximum absolute atomic E-state index is 12.7. The Morgan fingerprint density at radius 2 is 1.94 bits per heavy atom. The van der Waals surface area contributed by atoms with E-state index in [1.165, 1.54) is 10.2 Å². The fourth-order valence-corrected chi connectivity index (χ4v) is 1.76. The maximum Gasteiger partial charge on any atom is 0.284 e. The number of rotatable bonds is 4. The summed E-state index contributed by atoms with van der Waals surface area (Å²) in [6.45, 7) is 2.07. The molecule has 2 aromatic rings. The van der Waals surface area contributed by atoms with Crippen LogP contribution in [0.25, 0.3) is 5.69 Å². The molecule has 0 bridgehead atoms. The van der Waals surface area contributed by atoms with E-state index in [2.05, 4.69) is 17.3 Å². The van der Waals surface area contributed by atoms with Crippen LogP contribution in [-0.4, -0.2) is 16.8 Å². The molecule has 0 unspecified atom stereocenters. The average molecular weight is 251 g/mol. The number of anilines is 1. The predicted octanol–water partition coefficient (Wildman–Crippen LogP) is 3.41. The topological polar surface area (TPSA) is 29.9 Å². The molecule has 0 aliphatic carbocycles. The van der Waals surface area contributed by atoms with Gasteiger partial charge in [0.25, 0.3) is 6.43 Å². The third-order valence-electron chi connectivity index (χ3n) is 2.83. The van der Waals surface area contributed by atoms with Crippen LogP contribution in [0.5, 0.6) is 0 Å². The van der Waals surface area contributed by atoms with Gasteiger partial charge in [-0.25, -0.2) is 13.5 Å². The lowest BCUT2D eigenvalue weighted by Crippen LogP contribution is -1.96. The Morgan fingerprint density at radius 1 is 1.28 bits per heavy atom. The smallest absolute Gasteiger partial charge is 0.284 e. The zero-order chi connectivity index (χ0) is 13.1. The largest absolute Gasteiger partial charge is 0.385 e. The Hall–Kier alpha value is -1.91. The lowest BCUT2D eigenvalue weighted by molar-refractivity contribution is 0.146. The molecule has 0 radical (unpaired) electrons. The zero-order valence-electron chi connectivity index (χ0n) is 10.3. The summed E-state index contributed by atoms with van der Waals surface area (Å²) in [6.07, 6.45) is -0.0603. The van der Waals surface area contributed by atoms with E-state index in [-0.39, 0.29) is 5.69 Å². The van der Waals surface area contributed by atoms with Gasteiger partial charge >= 0.3 is 0 Å². The van der Waals surface area contributed by atoms with Crippen molar-refractivity contribution in [3.63, 3.8) is 0 Å². The van der Waals surface area contributed by atoms with Crippen molar-refractivity contribution in [1.82, 2.24) is 9.78 Å². The molecule has 1 aromatic heterocycles. The van der Waals surface area contributed by atoms with Crippen molar-refractivity contribution in [2.75, 3.05) is 12.4 Å². The Kier molecular flexibility index (Phi) is 3.60. The third-order valence-corrected chi connectivity index (χ3v) is 2.83. The summed E-state index contributed by atoms with van der Waals surface area (Å²) in [6, 6.07) is 7.69.